The van der Waals surface area contributed by atoms with E-state index in [0.29, 0.717) is 6.04 Å². The zero-order chi connectivity index (χ0) is 16.2. The van der Waals surface area contributed by atoms with Crippen LogP contribution in [0.3, 0.4) is 0 Å². The van der Waals surface area contributed by atoms with Gasteiger partial charge in [-0.25, -0.2) is 9.67 Å². The standard InChI is InChI=1S/C19H22N4/c1-14-6-4-5-7-18(14)16(3)20-12-17-8-9-19(21-13-17)23-11-10-15(2)22-23/h4-11,13,16,20H,12H2,1-3H3. The van der Waals surface area contributed by atoms with Crippen molar-refractivity contribution in [3.8, 4) is 5.82 Å². The summed E-state index contributed by atoms with van der Waals surface area (Å²) in [5.74, 6) is 0.841. The molecule has 3 aromatic rings. The number of aromatic nitrogens is 3. The van der Waals surface area contributed by atoms with Crippen LogP contribution in [-0.4, -0.2) is 14.8 Å². The van der Waals surface area contributed by atoms with E-state index in [1.54, 1.807) is 4.68 Å². The summed E-state index contributed by atoms with van der Waals surface area (Å²) in [6.07, 6.45) is 3.83. The van der Waals surface area contributed by atoms with E-state index in [2.05, 4.69) is 59.6 Å². The van der Waals surface area contributed by atoms with Crippen LogP contribution in [0.4, 0.5) is 0 Å². The van der Waals surface area contributed by atoms with Crippen molar-refractivity contribution in [3.05, 3.63) is 77.2 Å². The Balaban J connectivity index is 1.64. The van der Waals surface area contributed by atoms with Gasteiger partial charge in [0.2, 0.25) is 0 Å². The van der Waals surface area contributed by atoms with Gasteiger partial charge in [-0.2, -0.15) is 5.10 Å². The first-order valence-corrected chi connectivity index (χ1v) is 7.90. The molecule has 1 N–H and O–H groups in total. The van der Waals surface area contributed by atoms with Crippen molar-refractivity contribution in [2.24, 2.45) is 0 Å². The van der Waals surface area contributed by atoms with Crippen molar-refractivity contribution in [3.63, 3.8) is 0 Å². The highest BCUT2D eigenvalue weighted by Crippen LogP contribution is 2.17. The highest BCUT2D eigenvalue weighted by Gasteiger charge is 2.07. The predicted molar refractivity (Wildman–Crippen MR) is 92.5 cm³/mol. The Kier molecular flexibility index (Phi) is 4.53. The van der Waals surface area contributed by atoms with Crippen molar-refractivity contribution in [1.29, 1.82) is 0 Å². The number of nitrogens with one attached hydrogen (secondary N) is 1. The lowest BCUT2D eigenvalue weighted by Crippen LogP contribution is -2.19. The Morgan fingerprint density at radius 2 is 1.91 bits per heavy atom. The Morgan fingerprint density at radius 3 is 2.57 bits per heavy atom. The second-order valence-electron chi connectivity index (χ2n) is 5.89. The van der Waals surface area contributed by atoms with E-state index in [-0.39, 0.29) is 0 Å². The molecule has 118 valence electrons. The van der Waals surface area contributed by atoms with Crippen LogP contribution in [0.2, 0.25) is 0 Å². The lowest BCUT2D eigenvalue weighted by atomic mass is 10.0. The van der Waals surface area contributed by atoms with E-state index in [9.17, 15) is 0 Å². The maximum absolute atomic E-state index is 4.49. The molecule has 3 rings (SSSR count). The molecule has 0 aliphatic carbocycles. The van der Waals surface area contributed by atoms with Gasteiger partial charge in [0.1, 0.15) is 0 Å². The highest BCUT2D eigenvalue weighted by molar-refractivity contribution is 5.29. The summed E-state index contributed by atoms with van der Waals surface area (Å²) in [6.45, 7) is 7.11. The number of benzene rings is 1. The number of aryl methyl sites for hydroxylation is 2. The largest absolute Gasteiger partial charge is 0.306 e. The first kappa shape index (κ1) is 15.4. The van der Waals surface area contributed by atoms with Gasteiger partial charge in [0.25, 0.3) is 0 Å². The molecule has 4 nitrogen and oxygen atoms in total. The minimum absolute atomic E-state index is 0.310. The Labute approximate surface area is 137 Å². The van der Waals surface area contributed by atoms with Crippen LogP contribution in [0.1, 0.15) is 35.3 Å². The fraction of sp³-hybridized carbons (Fsp3) is 0.263. The van der Waals surface area contributed by atoms with Crippen LogP contribution < -0.4 is 5.32 Å². The van der Waals surface area contributed by atoms with Crippen LogP contribution in [0.25, 0.3) is 5.82 Å². The summed E-state index contributed by atoms with van der Waals surface area (Å²) in [5.41, 5.74) is 4.81. The second kappa shape index (κ2) is 6.75. The van der Waals surface area contributed by atoms with E-state index in [4.69, 9.17) is 0 Å². The third-order valence-corrected chi connectivity index (χ3v) is 4.03. The van der Waals surface area contributed by atoms with Gasteiger partial charge in [0, 0.05) is 25.0 Å². The van der Waals surface area contributed by atoms with Gasteiger partial charge in [0.05, 0.1) is 5.69 Å². The van der Waals surface area contributed by atoms with E-state index in [0.717, 1.165) is 23.6 Å². The van der Waals surface area contributed by atoms with Gasteiger partial charge < -0.3 is 5.32 Å². The van der Waals surface area contributed by atoms with Crippen molar-refractivity contribution in [1.82, 2.24) is 20.1 Å². The topological polar surface area (TPSA) is 42.7 Å². The average Bonchev–Trinajstić information content (AvgIpc) is 3.00. The molecular weight excluding hydrogens is 284 g/mol. The van der Waals surface area contributed by atoms with E-state index in [1.807, 2.05) is 31.5 Å². The maximum Gasteiger partial charge on any atom is 0.153 e. The van der Waals surface area contributed by atoms with Gasteiger partial charge in [-0.05, 0) is 49.6 Å². The molecule has 0 aliphatic heterocycles. The Morgan fingerprint density at radius 1 is 1.09 bits per heavy atom. The van der Waals surface area contributed by atoms with Gasteiger partial charge in [-0.15, -0.1) is 0 Å². The maximum atomic E-state index is 4.49. The molecule has 1 atom stereocenters. The van der Waals surface area contributed by atoms with Crippen molar-refractivity contribution in [2.45, 2.75) is 33.4 Å². The number of pyridine rings is 1. The lowest BCUT2D eigenvalue weighted by molar-refractivity contribution is 0.571. The molecule has 0 saturated heterocycles. The SMILES string of the molecule is Cc1ccn(-c2ccc(CNC(C)c3ccccc3C)cn2)n1. The second-order valence-corrected chi connectivity index (χ2v) is 5.89. The van der Waals surface area contributed by atoms with Crippen LogP contribution in [0.5, 0.6) is 0 Å². The molecule has 0 bridgehead atoms. The zero-order valence-corrected chi connectivity index (χ0v) is 13.8. The molecule has 2 aromatic heterocycles. The molecule has 0 fully saturated rings. The van der Waals surface area contributed by atoms with E-state index >= 15 is 0 Å². The number of nitrogens with zero attached hydrogens (tertiary/aromatic N) is 3. The van der Waals surface area contributed by atoms with Crippen molar-refractivity contribution >= 4 is 0 Å². The van der Waals surface area contributed by atoms with Crippen molar-refractivity contribution in [2.75, 3.05) is 0 Å². The van der Waals surface area contributed by atoms with Crippen LogP contribution in [-0.2, 0) is 6.54 Å². The monoisotopic (exact) mass is 306 g/mol. The Hall–Kier alpha value is -2.46. The number of hydrogen-bond donors (Lipinski definition) is 1. The summed E-state index contributed by atoms with van der Waals surface area (Å²) in [6, 6.07) is 14.9. The van der Waals surface area contributed by atoms with Crippen LogP contribution in [0, 0.1) is 13.8 Å². The summed E-state index contributed by atoms with van der Waals surface area (Å²) >= 11 is 0. The predicted octanol–water partition coefficient (Wildman–Crippen LogP) is 3.73. The fourth-order valence-electron chi connectivity index (χ4n) is 2.65. The number of rotatable bonds is 5. The summed E-state index contributed by atoms with van der Waals surface area (Å²) in [5, 5.41) is 7.93. The molecule has 0 aliphatic rings. The molecule has 0 saturated carbocycles. The third-order valence-electron chi connectivity index (χ3n) is 4.03. The molecule has 0 spiro atoms. The van der Waals surface area contributed by atoms with Gasteiger partial charge >= 0.3 is 0 Å². The average molecular weight is 306 g/mol. The van der Waals surface area contributed by atoms with Crippen molar-refractivity contribution < 1.29 is 0 Å². The summed E-state index contributed by atoms with van der Waals surface area (Å²) in [7, 11) is 0. The molecule has 0 amide bonds. The summed E-state index contributed by atoms with van der Waals surface area (Å²) < 4.78 is 1.79. The fourth-order valence-corrected chi connectivity index (χ4v) is 2.65. The quantitative estimate of drug-likeness (QED) is 0.781. The Bertz CT molecular complexity index is 774. The minimum Gasteiger partial charge on any atom is -0.306 e. The lowest BCUT2D eigenvalue weighted by Gasteiger charge is -2.16. The highest BCUT2D eigenvalue weighted by atomic mass is 15.3. The van der Waals surface area contributed by atoms with Crippen LogP contribution in [0.15, 0.2) is 54.9 Å². The molecule has 0 radical (unpaired) electrons. The molecule has 1 unspecified atom stereocenters. The first-order chi connectivity index (χ1) is 11.1. The molecular formula is C19H22N4. The van der Waals surface area contributed by atoms with E-state index in [1.165, 1.54) is 11.1 Å². The zero-order valence-electron chi connectivity index (χ0n) is 13.8. The van der Waals surface area contributed by atoms with E-state index < -0.39 is 0 Å². The smallest absolute Gasteiger partial charge is 0.153 e. The van der Waals surface area contributed by atoms with Gasteiger partial charge in [-0.3, -0.25) is 0 Å². The normalized spacial score (nSPS) is 12.3. The van der Waals surface area contributed by atoms with Gasteiger partial charge in [0.15, 0.2) is 5.82 Å². The molecule has 1 aromatic carbocycles. The molecule has 4 heteroatoms. The summed E-state index contributed by atoms with van der Waals surface area (Å²) in [4.78, 5) is 4.49. The first-order valence-electron chi connectivity index (χ1n) is 7.90. The van der Waals surface area contributed by atoms with Crippen LogP contribution >= 0.6 is 0 Å². The molecule has 2 heterocycles. The van der Waals surface area contributed by atoms with Gasteiger partial charge in [-0.1, -0.05) is 30.3 Å². The number of hydrogen-bond acceptors (Lipinski definition) is 3. The minimum atomic E-state index is 0.310. The third kappa shape index (κ3) is 3.66. The molecule has 23 heavy (non-hydrogen) atoms.